The first kappa shape index (κ1) is 15.9. The molecule has 1 aliphatic rings. The maximum absolute atomic E-state index is 11.9. The van der Waals surface area contributed by atoms with Crippen LogP contribution in [0.3, 0.4) is 0 Å². The van der Waals surface area contributed by atoms with Crippen LogP contribution >= 0.6 is 11.3 Å². The zero-order valence-corrected chi connectivity index (χ0v) is 13.9. The van der Waals surface area contributed by atoms with Crippen LogP contribution in [0.25, 0.3) is 0 Å². The molecular formula is C16H20N4O2S. The first-order valence-electron chi connectivity index (χ1n) is 7.78. The predicted molar refractivity (Wildman–Crippen MR) is 89.5 cm³/mol. The van der Waals surface area contributed by atoms with Crippen molar-refractivity contribution in [3.05, 3.63) is 40.4 Å². The number of anilines is 1. The molecule has 0 aliphatic heterocycles. The summed E-state index contributed by atoms with van der Waals surface area (Å²) in [7, 11) is 0. The van der Waals surface area contributed by atoms with Crippen LogP contribution in [0.1, 0.15) is 41.8 Å². The lowest BCUT2D eigenvalue weighted by atomic mass is 10.1. The van der Waals surface area contributed by atoms with Gasteiger partial charge in [-0.05, 0) is 30.9 Å². The van der Waals surface area contributed by atoms with Crippen LogP contribution in [0, 0.1) is 0 Å². The lowest BCUT2D eigenvalue weighted by Gasteiger charge is -2.06. The molecule has 1 fully saturated rings. The van der Waals surface area contributed by atoms with E-state index in [9.17, 15) is 4.79 Å². The highest BCUT2D eigenvalue weighted by atomic mass is 32.1. The van der Waals surface area contributed by atoms with Crippen LogP contribution in [0.5, 0.6) is 0 Å². The quantitative estimate of drug-likeness (QED) is 0.816. The highest BCUT2D eigenvalue weighted by molar-refractivity contribution is 7.15. The summed E-state index contributed by atoms with van der Waals surface area (Å²) in [6, 6.07) is 7.74. The maximum atomic E-state index is 11.9. The second kappa shape index (κ2) is 7.52. The van der Waals surface area contributed by atoms with E-state index in [1.807, 2.05) is 31.2 Å². The molecule has 3 rings (SSSR count). The summed E-state index contributed by atoms with van der Waals surface area (Å²) in [6.07, 6.45) is 2.36. The third kappa shape index (κ3) is 4.74. The Morgan fingerprint density at radius 1 is 1.26 bits per heavy atom. The van der Waals surface area contributed by atoms with Crippen molar-refractivity contribution in [2.75, 3.05) is 11.9 Å². The summed E-state index contributed by atoms with van der Waals surface area (Å²) in [5, 5.41) is 15.2. The number of ether oxygens (including phenoxy) is 1. The second-order valence-corrected chi connectivity index (χ2v) is 6.49. The van der Waals surface area contributed by atoms with Gasteiger partial charge >= 0.3 is 6.03 Å². The molecule has 7 heteroatoms. The van der Waals surface area contributed by atoms with Crippen molar-refractivity contribution in [3.63, 3.8) is 0 Å². The number of hydrogen-bond acceptors (Lipinski definition) is 5. The van der Waals surface area contributed by atoms with Crippen molar-refractivity contribution >= 4 is 22.5 Å². The van der Waals surface area contributed by atoms with Gasteiger partial charge in [-0.15, -0.1) is 10.2 Å². The Morgan fingerprint density at radius 3 is 2.70 bits per heavy atom. The number of hydrogen-bond donors (Lipinski definition) is 2. The van der Waals surface area contributed by atoms with Crippen LogP contribution in [0.2, 0.25) is 0 Å². The van der Waals surface area contributed by atoms with Crippen molar-refractivity contribution < 1.29 is 9.53 Å². The van der Waals surface area contributed by atoms with Gasteiger partial charge in [0.2, 0.25) is 5.13 Å². The lowest BCUT2D eigenvalue weighted by molar-refractivity contribution is 0.134. The fraction of sp³-hybridized carbons (Fsp3) is 0.438. The van der Waals surface area contributed by atoms with E-state index in [1.165, 1.54) is 24.2 Å². The van der Waals surface area contributed by atoms with Crippen molar-refractivity contribution in [1.29, 1.82) is 0 Å². The molecular weight excluding hydrogens is 312 g/mol. The number of carbonyl (C=O) groups excluding carboxylic acids is 1. The number of aromatic nitrogens is 2. The van der Waals surface area contributed by atoms with Gasteiger partial charge in [0.05, 0.1) is 6.61 Å². The summed E-state index contributed by atoms with van der Waals surface area (Å²) in [5.74, 6) is 0.557. The van der Waals surface area contributed by atoms with E-state index in [0.717, 1.165) is 16.1 Å². The number of nitrogens with one attached hydrogen (secondary N) is 2. The molecule has 122 valence electrons. The van der Waals surface area contributed by atoms with Gasteiger partial charge in [-0.3, -0.25) is 5.32 Å². The minimum absolute atomic E-state index is 0.262. The molecule has 23 heavy (non-hydrogen) atoms. The van der Waals surface area contributed by atoms with E-state index >= 15 is 0 Å². The van der Waals surface area contributed by atoms with Crippen LogP contribution < -0.4 is 10.6 Å². The van der Waals surface area contributed by atoms with E-state index < -0.39 is 0 Å². The molecule has 2 amide bonds. The Bertz CT molecular complexity index is 652. The largest absolute Gasteiger partial charge is 0.377 e. The summed E-state index contributed by atoms with van der Waals surface area (Å²) in [6.45, 7) is 3.76. The highest BCUT2D eigenvalue weighted by Gasteiger charge is 2.27. The van der Waals surface area contributed by atoms with E-state index in [2.05, 4.69) is 20.8 Å². The molecule has 1 aliphatic carbocycles. The SMILES string of the molecule is CCOCc1ccc(CNC(=O)Nc2nnc(C3CC3)s2)cc1. The molecule has 1 aromatic heterocycles. The standard InChI is InChI=1S/C16H20N4O2S/c1-2-22-10-12-5-3-11(4-6-12)9-17-15(21)18-16-20-19-14(23-16)13-7-8-13/h3-6,13H,2,7-10H2,1H3,(H2,17,18,20,21). The first-order valence-corrected chi connectivity index (χ1v) is 8.60. The predicted octanol–water partition coefficient (Wildman–Crippen LogP) is 3.27. The summed E-state index contributed by atoms with van der Waals surface area (Å²) in [5.41, 5.74) is 2.16. The molecule has 2 N–H and O–H groups in total. The van der Waals surface area contributed by atoms with Gasteiger partial charge in [0, 0.05) is 19.1 Å². The van der Waals surface area contributed by atoms with E-state index in [0.29, 0.717) is 30.8 Å². The van der Waals surface area contributed by atoms with Crippen molar-refractivity contribution in [2.45, 2.75) is 38.8 Å². The molecule has 6 nitrogen and oxygen atoms in total. The summed E-state index contributed by atoms with van der Waals surface area (Å²) < 4.78 is 5.36. The molecule has 0 radical (unpaired) electrons. The van der Waals surface area contributed by atoms with E-state index in [1.54, 1.807) is 0 Å². The Labute approximate surface area is 139 Å². The van der Waals surface area contributed by atoms with Gasteiger partial charge in [0.1, 0.15) is 5.01 Å². The molecule has 1 saturated carbocycles. The fourth-order valence-electron chi connectivity index (χ4n) is 2.08. The Kier molecular flexibility index (Phi) is 5.19. The summed E-state index contributed by atoms with van der Waals surface area (Å²) in [4.78, 5) is 11.9. The van der Waals surface area contributed by atoms with Gasteiger partial charge in [0.25, 0.3) is 0 Å². The van der Waals surface area contributed by atoms with E-state index in [4.69, 9.17) is 4.74 Å². The zero-order valence-electron chi connectivity index (χ0n) is 13.0. The third-order valence-electron chi connectivity index (χ3n) is 3.54. The van der Waals surface area contributed by atoms with Crippen molar-refractivity contribution in [2.24, 2.45) is 0 Å². The van der Waals surface area contributed by atoms with E-state index in [-0.39, 0.29) is 6.03 Å². The number of carbonyl (C=O) groups is 1. The minimum Gasteiger partial charge on any atom is -0.377 e. The van der Waals surface area contributed by atoms with Gasteiger partial charge in [-0.1, -0.05) is 35.6 Å². The first-order chi connectivity index (χ1) is 11.2. The number of rotatable bonds is 7. The third-order valence-corrected chi connectivity index (χ3v) is 4.54. The normalized spacial score (nSPS) is 13.8. The smallest absolute Gasteiger partial charge is 0.321 e. The fourth-order valence-corrected chi connectivity index (χ4v) is 2.98. The lowest BCUT2D eigenvalue weighted by Crippen LogP contribution is -2.28. The maximum Gasteiger partial charge on any atom is 0.321 e. The molecule has 0 saturated heterocycles. The molecule has 1 heterocycles. The summed E-state index contributed by atoms with van der Waals surface area (Å²) >= 11 is 1.45. The van der Waals surface area contributed by atoms with Crippen molar-refractivity contribution in [1.82, 2.24) is 15.5 Å². The number of nitrogens with zero attached hydrogens (tertiary/aromatic N) is 2. The number of urea groups is 1. The van der Waals surface area contributed by atoms with Crippen LogP contribution in [0.15, 0.2) is 24.3 Å². The molecule has 2 aromatic rings. The van der Waals surface area contributed by atoms with Crippen molar-refractivity contribution in [3.8, 4) is 0 Å². The monoisotopic (exact) mass is 332 g/mol. The van der Waals surface area contributed by atoms with Crippen LogP contribution in [-0.2, 0) is 17.9 Å². The Morgan fingerprint density at radius 2 is 2.00 bits per heavy atom. The topological polar surface area (TPSA) is 76.1 Å². The second-order valence-electron chi connectivity index (χ2n) is 5.48. The molecule has 0 bridgehead atoms. The van der Waals surface area contributed by atoms with Gasteiger partial charge in [-0.2, -0.15) is 0 Å². The molecule has 0 spiro atoms. The number of benzene rings is 1. The zero-order chi connectivity index (χ0) is 16.1. The molecule has 0 unspecified atom stereocenters. The van der Waals surface area contributed by atoms with Gasteiger partial charge in [0.15, 0.2) is 0 Å². The number of amides is 2. The highest BCUT2D eigenvalue weighted by Crippen LogP contribution is 2.41. The van der Waals surface area contributed by atoms with Crippen LogP contribution in [-0.4, -0.2) is 22.8 Å². The molecule has 1 aromatic carbocycles. The Balaban J connectivity index is 1.44. The minimum atomic E-state index is -0.262. The Hall–Kier alpha value is -1.99. The average molecular weight is 332 g/mol. The van der Waals surface area contributed by atoms with Crippen LogP contribution in [0.4, 0.5) is 9.93 Å². The van der Waals surface area contributed by atoms with Gasteiger partial charge < -0.3 is 10.1 Å². The average Bonchev–Trinajstić information content (AvgIpc) is 3.32. The molecule has 0 atom stereocenters. The van der Waals surface area contributed by atoms with Gasteiger partial charge in [-0.25, -0.2) is 4.79 Å².